The molecule has 0 aliphatic heterocycles. The van der Waals surface area contributed by atoms with Crippen LogP contribution in [-0.2, 0) is 6.54 Å². The lowest BCUT2D eigenvalue weighted by molar-refractivity contribution is 0.0951. The summed E-state index contributed by atoms with van der Waals surface area (Å²) in [5.74, 6) is -0.0575. The predicted octanol–water partition coefficient (Wildman–Crippen LogP) is 2.42. The SMILES string of the molecule is O=C(NCc1[c]cccc1)c1ccccc1. The van der Waals surface area contributed by atoms with E-state index < -0.39 is 0 Å². The van der Waals surface area contributed by atoms with Gasteiger partial charge in [0.05, 0.1) is 0 Å². The lowest BCUT2D eigenvalue weighted by Crippen LogP contribution is -2.22. The molecule has 79 valence electrons. The summed E-state index contributed by atoms with van der Waals surface area (Å²) < 4.78 is 0. The third-order valence-electron chi connectivity index (χ3n) is 2.25. The molecule has 0 aliphatic rings. The first-order chi connectivity index (χ1) is 7.86. The molecular weight excluding hydrogens is 198 g/mol. The van der Waals surface area contributed by atoms with Crippen molar-refractivity contribution in [2.24, 2.45) is 0 Å². The minimum Gasteiger partial charge on any atom is -0.348 e. The van der Waals surface area contributed by atoms with Gasteiger partial charge in [-0.1, -0.05) is 42.5 Å². The summed E-state index contributed by atoms with van der Waals surface area (Å²) in [5, 5.41) is 2.85. The molecule has 1 radical (unpaired) electrons. The highest BCUT2D eigenvalue weighted by atomic mass is 16.1. The minimum absolute atomic E-state index is 0.0575. The Morgan fingerprint density at radius 1 is 1.06 bits per heavy atom. The van der Waals surface area contributed by atoms with Crippen LogP contribution in [0.25, 0.3) is 0 Å². The van der Waals surface area contributed by atoms with E-state index in [-0.39, 0.29) is 5.91 Å². The van der Waals surface area contributed by atoms with Crippen LogP contribution in [-0.4, -0.2) is 5.91 Å². The van der Waals surface area contributed by atoms with Gasteiger partial charge in [0.15, 0.2) is 0 Å². The Morgan fingerprint density at radius 3 is 2.50 bits per heavy atom. The molecule has 0 saturated carbocycles. The molecule has 0 heterocycles. The van der Waals surface area contributed by atoms with E-state index >= 15 is 0 Å². The molecule has 1 N–H and O–H groups in total. The van der Waals surface area contributed by atoms with Gasteiger partial charge in [-0.05, 0) is 23.8 Å². The van der Waals surface area contributed by atoms with Gasteiger partial charge in [0.25, 0.3) is 5.91 Å². The molecule has 0 aromatic heterocycles. The van der Waals surface area contributed by atoms with Crippen LogP contribution in [0.2, 0.25) is 0 Å². The summed E-state index contributed by atoms with van der Waals surface area (Å²) in [6.07, 6.45) is 0. The molecule has 0 aliphatic carbocycles. The summed E-state index contributed by atoms with van der Waals surface area (Å²) in [4.78, 5) is 11.7. The van der Waals surface area contributed by atoms with E-state index in [1.807, 2.05) is 42.5 Å². The van der Waals surface area contributed by atoms with E-state index in [1.54, 1.807) is 12.1 Å². The Kier molecular flexibility index (Phi) is 3.34. The number of carbonyl (C=O) groups is 1. The van der Waals surface area contributed by atoms with Gasteiger partial charge >= 0.3 is 0 Å². The first kappa shape index (κ1) is 10.4. The van der Waals surface area contributed by atoms with Gasteiger partial charge in [-0.3, -0.25) is 4.79 Å². The molecule has 2 aromatic carbocycles. The van der Waals surface area contributed by atoms with Crippen molar-refractivity contribution >= 4 is 5.91 Å². The van der Waals surface area contributed by atoms with E-state index in [0.29, 0.717) is 12.1 Å². The van der Waals surface area contributed by atoms with Gasteiger partial charge in [-0.15, -0.1) is 0 Å². The molecule has 16 heavy (non-hydrogen) atoms. The highest BCUT2D eigenvalue weighted by molar-refractivity contribution is 5.94. The van der Waals surface area contributed by atoms with Crippen LogP contribution in [0.4, 0.5) is 0 Å². The van der Waals surface area contributed by atoms with Crippen molar-refractivity contribution in [3.63, 3.8) is 0 Å². The Bertz CT molecular complexity index is 451. The second kappa shape index (κ2) is 5.12. The monoisotopic (exact) mass is 210 g/mol. The van der Waals surface area contributed by atoms with Crippen molar-refractivity contribution < 1.29 is 4.79 Å². The van der Waals surface area contributed by atoms with Crippen molar-refractivity contribution in [3.8, 4) is 0 Å². The van der Waals surface area contributed by atoms with Crippen LogP contribution in [0.3, 0.4) is 0 Å². The smallest absolute Gasteiger partial charge is 0.251 e. The molecule has 0 saturated heterocycles. The Morgan fingerprint density at radius 2 is 1.81 bits per heavy atom. The molecule has 2 heteroatoms. The van der Waals surface area contributed by atoms with Crippen molar-refractivity contribution in [1.82, 2.24) is 5.32 Å². The average molecular weight is 210 g/mol. The van der Waals surface area contributed by atoms with E-state index in [4.69, 9.17) is 0 Å². The van der Waals surface area contributed by atoms with Gasteiger partial charge in [0.1, 0.15) is 0 Å². The molecule has 0 spiro atoms. The van der Waals surface area contributed by atoms with E-state index in [0.717, 1.165) is 5.56 Å². The molecular formula is C14H12NO. The fourth-order valence-corrected chi connectivity index (χ4v) is 1.41. The van der Waals surface area contributed by atoms with E-state index in [9.17, 15) is 4.79 Å². The molecule has 1 amide bonds. The van der Waals surface area contributed by atoms with Gasteiger partial charge in [0, 0.05) is 12.1 Å². The fraction of sp³-hybridized carbons (Fsp3) is 0.0714. The van der Waals surface area contributed by atoms with Crippen molar-refractivity contribution in [2.75, 3.05) is 0 Å². The Hall–Kier alpha value is -2.09. The van der Waals surface area contributed by atoms with Crippen molar-refractivity contribution in [2.45, 2.75) is 6.54 Å². The second-order valence-corrected chi connectivity index (χ2v) is 3.44. The number of hydrogen-bond donors (Lipinski definition) is 1. The van der Waals surface area contributed by atoms with Gasteiger partial charge in [0.2, 0.25) is 0 Å². The lowest BCUT2D eigenvalue weighted by Gasteiger charge is -2.04. The number of rotatable bonds is 3. The van der Waals surface area contributed by atoms with E-state index in [1.165, 1.54) is 0 Å². The van der Waals surface area contributed by atoms with Crippen molar-refractivity contribution in [1.29, 1.82) is 0 Å². The lowest BCUT2D eigenvalue weighted by atomic mass is 10.2. The van der Waals surface area contributed by atoms with Gasteiger partial charge < -0.3 is 5.32 Å². The quantitative estimate of drug-likeness (QED) is 0.828. The average Bonchev–Trinajstić information content (AvgIpc) is 2.38. The highest BCUT2D eigenvalue weighted by Crippen LogP contribution is 2.00. The standard InChI is InChI=1S/C14H12NO/c16-14(13-9-5-2-6-10-13)15-11-12-7-3-1-4-8-12/h1-7,9-10H,11H2,(H,15,16). The largest absolute Gasteiger partial charge is 0.348 e. The van der Waals surface area contributed by atoms with Crippen LogP contribution in [0.1, 0.15) is 15.9 Å². The Balaban J connectivity index is 1.95. The maximum atomic E-state index is 11.7. The third-order valence-corrected chi connectivity index (χ3v) is 2.25. The third kappa shape index (κ3) is 2.70. The first-order valence-electron chi connectivity index (χ1n) is 5.15. The van der Waals surface area contributed by atoms with Crippen LogP contribution >= 0.6 is 0 Å². The molecule has 2 aromatic rings. The second-order valence-electron chi connectivity index (χ2n) is 3.44. The number of hydrogen-bond acceptors (Lipinski definition) is 1. The number of benzene rings is 2. The molecule has 2 rings (SSSR count). The van der Waals surface area contributed by atoms with Crippen LogP contribution in [0.5, 0.6) is 0 Å². The fourth-order valence-electron chi connectivity index (χ4n) is 1.41. The number of nitrogens with one attached hydrogen (secondary N) is 1. The summed E-state index contributed by atoms with van der Waals surface area (Å²) in [6.45, 7) is 0.508. The molecule has 0 atom stereocenters. The van der Waals surface area contributed by atoms with Gasteiger partial charge in [-0.2, -0.15) is 0 Å². The zero-order chi connectivity index (χ0) is 11.2. The zero-order valence-corrected chi connectivity index (χ0v) is 8.81. The number of amides is 1. The van der Waals surface area contributed by atoms with E-state index in [2.05, 4.69) is 11.4 Å². The topological polar surface area (TPSA) is 29.1 Å². The van der Waals surface area contributed by atoms with Gasteiger partial charge in [-0.25, -0.2) is 0 Å². The molecule has 2 nitrogen and oxygen atoms in total. The van der Waals surface area contributed by atoms with Crippen LogP contribution < -0.4 is 5.32 Å². The molecule has 0 bridgehead atoms. The summed E-state index contributed by atoms with van der Waals surface area (Å²) in [7, 11) is 0. The summed E-state index contributed by atoms with van der Waals surface area (Å²) in [5.41, 5.74) is 1.66. The molecule has 0 fully saturated rings. The normalized spacial score (nSPS) is 9.75. The maximum Gasteiger partial charge on any atom is 0.251 e. The predicted molar refractivity (Wildman–Crippen MR) is 62.9 cm³/mol. The first-order valence-corrected chi connectivity index (χ1v) is 5.15. The maximum absolute atomic E-state index is 11.7. The number of carbonyl (C=O) groups excluding carboxylic acids is 1. The summed E-state index contributed by atoms with van der Waals surface area (Å²) in [6, 6.07) is 19.9. The summed E-state index contributed by atoms with van der Waals surface area (Å²) >= 11 is 0. The Labute approximate surface area is 94.9 Å². The zero-order valence-electron chi connectivity index (χ0n) is 8.81. The van der Waals surface area contributed by atoms with Crippen LogP contribution in [0.15, 0.2) is 54.6 Å². The van der Waals surface area contributed by atoms with Crippen molar-refractivity contribution in [3.05, 3.63) is 71.8 Å². The van der Waals surface area contributed by atoms with Crippen LogP contribution in [0, 0.1) is 6.07 Å². The molecule has 0 unspecified atom stereocenters. The minimum atomic E-state index is -0.0575. The highest BCUT2D eigenvalue weighted by Gasteiger charge is 2.02.